The third-order valence-electron chi connectivity index (χ3n) is 5.95. The molecule has 32 heavy (non-hydrogen) atoms. The lowest BCUT2D eigenvalue weighted by atomic mass is 9.97. The van der Waals surface area contributed by atoms with Crippen molar-refractivity contribution in [2.45, 2.75) is 44.2 Å². The topological polar surface area (TPSA) is 125 Å². The van der Waals surface area contributed by atoms with Gasteiger partial charge < -0.3 is 25.6 Å². The Morgan fingerprint density at radius 2 is 1.62 bits per heavy atom. The van der Waals surface area contributed by atoms with Gasteiger partial charge in [0.25, 0.3) is 0 Å². The fraction of sp³-hybridized carbons (Fsp3) is 0.375. The fourth-order valence-corrected chi connectivity index (χ4v) is 3.87. The molecule has 1 aliphatic carbocycles. The van der Waals surface area contributed by atoms with Crippen molar-refractivity contribution in [2.24, 2.45) is 0 Å². The summed E-state index contributed by atoms with van der Waals surface area (Å²) in [6.07, 6.45) is -0.680. The van der Waals surface area contributed by atoms with Crippen LogP contribution in [0, 0.1) is 0 Å². The number of alkyl carbamates (subject to hydrolysis) is 1. The van der Waals surface area contributed by atoms with E-state index in [1.54, 1.807) is 6.92 Å². The minimum atomic E-state index is -1.37. The number of rotatable bonds is 9. The second-order valence-corrected chi connectivity index (χ2v) is 8.01. The van der Waals surface area contributed by atoms with Gasteiger partial charge in [-0.3, -0.25) is 4.79 Å². The Morgan fingerprint density at radius 1 is 1.06 bits per heavy atom. The number of carbonyl (C=O) groups excluding carboxylic acids is 2. The quantitative estimate of drug-likeness (QED) is 0.475. The molecule has 0 saturated carbocycles. The van der Waals surface area contributed by atoms with Gasteiger partial charge in [0.2, 0.25) is 5.91 Å². The molecule has 8 nitrogen and oxygen atoms in total. The molecule has 170 valence electrons. The summed E-state index contributed by atoms with van der Waals surface area (Å²) in [7, 11) is 0. The second-order valence-electron chi connectivity index (χ2n) is 8.01. The first-order valence-electron chi connectivity index (χ1n) is 10.6. The molecule has 0 fully saturated rings. The van der Waals surface area contributed by atoms with Gasteiger partial charge in [-0.25, -0.2) is 9.59 Å². The Morgan fingerprint density at radius 3 is 2.12 bits per heavy atom. The molecule has 0 aliphatic heterocycles. The normalized spacial score (nSPS) is 15.1. The minimum Gasteiger partial charge on any atom is -0.480 e. The summed E-state index contributed by atoms with van der Waals surface area (Å²) in [5.41, 5.74) is 3.00. The number of ether oxygens (including phenoxy) is 1. The molecule has 0 spiro atoms. The number of aliphatic hydroxyl groups is 1. The van der Waals surface area contributed by atoms with E-state index in [9.17, 15) is 19.5 Å². The zero-order valence-corrected chi connectivity index (χ0v) is 18.1. The Kier molecular flexibility index (Phi) is 7.15. The highest BCUT2D eigenvalue weighted by molar-refractivity contribution is 5.92. The van der Waals surface area contributed by atoms with Crippen LogP contribution in [-0.4, -0.2) is 53.0 Å². The van der Waals surface area contributed by atoms with E-state index in [1.807, 2.05) is 48.5 Å². The van der Waals surface area contributed by atoms with E-state index in [0.29, 0.717) is 0 Å². The van der Waals surface area contributed by atoms with Crippen molar-refractivity contribution in [3.8, 4) is 11.1 Å². The maximum absolute atomic E-state index is 12.7. The van der Waals surface area contributed by atoms with Gasteiger partial charge in [-0.15, -0.1) is 0 Å². The van der Waals surface area contributed by atoms with Crippen LogP contribution in [0.25, 0.3) is 11.1 Å². The van der Waals surface area contributed by atoms with Gasteiger partial charge in [0, 0.05) is 18.9 Å². The van der Waals surface area contributed by atoms with E-state index in [1.165, 1.54) is 6.92 Å². The molecule has 0 heterocycles. The highest BCUT2D eigenvalue weighted by atomic mass is 16.5. The number of hydrogen-bond donors (Lipinski definition) is 4. The highest BCUT2D eigenvalue weighted by Gasteiger charge is 2.36. The average molecular weight is 440 g/mol. The lowest BCUT2D eigenvalue weighted by Gasteiger charge is -2.29. The van der Waals surface area contributed by atoms with Crippen LogP contribution >= 0.6 is 0 Å². The maximum atomic E-state index is 12.7. The summed E-state index contributed by atoms with van der Waals surface area (Å²) < 4.78 is 5.50. The van der Waals surface area contributed by atoms with Gasteiger partial charge in [-0.05, 0) is 35.6 Å². The molecular formula is C24H28N2O6. The first kappa shape index (κ1) is 23.3. The van der Waals surface area contributed by atoms with E-state index >= 15 is 0 Å². The van der Waals surface area contributed by atoms with Crippen LogP contribution in [0.15, 0.2) is 48.5 Å². The molecule has 2 aromatic rings. The number of amides is 2. The first-order valence-corrected chi connectivity index (χ1v) is 10.6. The van der Waals surface area contributed by atoms with E-state index < -0.39 is 29.6 Å². The van der Waals surface area contributed by atoms with E-state index in [0.717, 1.165) is 22.3 Å². The standard InChI is InChI=1S/C24H28N2O6/c1-3-24(2,22(30)25-20(12-13-27)21(28)29)26-23(31)32-14-19-17-10-6-4-8-15(17)16-9-5-7-11-18(16)19/h4-11,19-20,27H,3,12-14H2,1-2H3,(H,25,30)(H,26,31)(H,28,29)/t20-,24?/m1/s1. The zero-order valence-electron chi connectivity index (χ0n) is 18.1. The maximum Gasteiger partial charge on any atom is 0.408 e. The number of nitrogens with one attached hydrogen (secondary N) is 2. The van der Waals surface area contributed by atoms with Gasteiger partial charge in [0.15, 0.2) is 0 Å². The molecule has 2 aromatic carbocycles. The van der Waals surface area contributed by atoms with E-state index in [-0.39, 0.29) is 32.0 Å². The molecular weight excluding hydrogens is 412 g/mol. The number of aliphatic carboxylic acids is 1. The monoisotopic (exact) mass is 440 g/mol. The molecule has 3 rings (SSSR count). The van der Waals surface area contributed by atoms with Crippen LogP contribution in [0.3, 0.4) is 0 Å². The summed E-state index contributed by atoms with van der Waals surface area (Å²) >= 11 is 0. The molecule has 2 atom stereocenters. The number of carbonyl (C=O) groups is 3. The Hall–Kier alpha value is -3.39. The number of carboxylic acids is 1. The van der Waals surface area contributed by atoms with Gasteiger partial charge in [0.05, 0.1) is 0 Å². The Labute approximate surface area is 186 Å². The average Bonchev–Trinajstić information content (AvgIpc) is 3.11. The number of aliphatic hydroxyl groups excluding tert-OH is 1. The van der Waals surface area contributed by atoms with Crippen LogP contribution in [0.2, 0.25) is 0 Å². The predicted molar refractivity (Wildman–Crippen MR) is 118 cm³/mol. The summed E-state index contributed by atoms with van der Waals surface area (Å²) in [6.45, 7) is 2.91. The van der Waals surface area contributed by atoms with Crippen molar-refractivity contribution in [1.29, 1.82) is 0 Å². The largest absolute Gasteiger partial charge is 0.480 e. The molecule has 0 radical (unpaired) electrons. The van der Waals surface area contributed by atoms with E-state index in [4.69, 9.17) is 9.84 Å². The molecule has 0 aromatic heterocycles. The van der Waals surface area contributed by atoms with Crippen LogP contribution in [-0.2, 0) is 14.3 Å². The van der Waals surface area contributed by atoms with Crippen LogP contribution < -0.4 is 10.6 Å². The molecule has 4 N–H and O–H groups in total. The smallest absolute Gasteiger partial charge is 0.408 e. The third-order valence-corrected chi connectivity index (χ3v) is 5.95. The number of carboxylic acid groups (broad SMARTS) is 1. The molecule has 1 unspecified atom stereocenters. The summed E-state index contributed by atoms with van der Waals surface area (Å²) in [5, 5.41) is 23.2. The number of fused-ring (bicyclic) bond motifs is 3. The minimum absolute atomic E-state index is 0.101. The van der Waals surface area contributed by atoms with Crippen molar-refractivity contribution in [3.63, 3.8) is 0 Å². The van der Waals surface area contributed by atoms with Gasteiger partial charge >= 0.3 is 12.1 Å². The molecule has 0 bridgehead atoms. The lowest BCUT2D eigenvalue weighted by Crippen LogP contribution is -2.59. The first-order chi connectivity index (χ1) is 15.3. The number of hydrogen-bond acceptors (Lipinski definition) is 5. The highest BCUT2D eigenvalue weighted by Crippen LogP contribution is 2.44. The SMILES string of the molecule is CCC(C)(NC(=O)OCC1c2ccccc2-c2ccccc21)C(=O)N[C@H](CCO)C(=O)O. The summed E-state index contributed by atoms with van der Waals surface area (Å²) in [4.78, 5) is 36.5. The summed E-state index contributed by atoms with van der Waals surface area (Å²) in [5.74, 6) is -2.03. The molecule has 0 saturated heterocycles. The number of benzene rings is 2. The molecule has 1 aliphatic rings. The van der Waals surface area contributed by atoms with Crippen LogP contribution in [0.1, 0.15) is 43.7 Å². The van der Waals surface area contributed by atoms with Crippen molar-refractivity contribution in [3.05, 3.63) is 59.7 Å². The van der Waals surface area contributed by atoms with Crippen molar-refractivity contribution < 1.29 is 29.3 Å². The van der Waals surface area contributed by atoms with E-state index in [2.05, 4.69) is 10.6 Å². The van der Waals surface area contributed by atoms with Gasteiger partial charge in [-0.2, -0.15) is 0 Å². The molecule has 8 heteroatoms. The zero-order chi connectivity index (χ0) is 23.3. The van der Waals surface area contributed by atoms with Gasteiger partial charge in [-0.1, -0.05) is 55.5 Å². The van der Waals surface area contributed by atoms with Crippen molar-refractivity contribution in [1.82, 2.24) is 10.6 Å². The van der Waals surface area contributed by atoms with Crippen molar-refractivity contribution >= 4 is 18.0 Å². The fourth-order valence-electron chi connectivity index (χ4n) is 3.87. The Bertz CT molecular complexity index is 962. The molecule has 2 amide bonds. The van der Waals surface area contributed by atoms with Crippen LogP contribution in [0.5, 0.6) is 0 Å². The van der Waals surface area contributed by atoms with Gasteiger partial charge in [0.1, 0.15) is 18.2 Å². The lowest BCUT2D eigenvalue weighted by molar-refractivity contribution is -0.143. The second kappa shape index (κ2) is 9.82. The summed E-state index contributed by atoms with van der Waals surface area (Å²) in [6, 6.07) is 14.7. The Balaban J connectivity index is 1.67. The van der Waals surface area contributed by atoms with Crippen LogP contribution in [0.4, 0.5) is 4.79 Å². The van der Waals surface area contributed by atoms with Crippen molar-refractivity contribution in [2.75, 3.05) is 13.2 Å². The third kappa shape index (κ3) is 4.75. The predicted octanol–water partition coefficient (Wildman–Crippen LogP) is 2.65.